The van der Waals surface area contributed by atoms with Crippen LogP contribution in [0, 0.1) is 0 Å². The van der Waals surface area contributed by atoms with Gasteiger partial charge in [0.15, 0.2) is 0 Å². The molecule has 1 aromatic carbocycles. The zero-order valence-corrected chi connectivity index (χ0v) is 12.3. The van der Waals surface area contributed by atoms with Gasteiger partial charge in [0.2, 0.25) is 0 Å². The molecule has 0 aromatic heterocycles. The SMILES string of the molecule is COC(=O)c1ccc(O[C@@H]2CCCN(C(=O)O)C2)cc1Cl. The molecule has 1 aliphatic heterocycles. The maximum atomic E-state index is 11.4. The van der Waals surface area contributed by atoms with E-state index in [-0.39, 0.29) is 16.7 Å². The van der Waals surface area contributed by atoms with E-state index in [1.807, 2.05) is 0 Å². The molecule has 7 heteroatoms. The fourth-order valence-corrected chi connectivity index (χ4v) is 2.49. The maximum absolute atomic E-state index is 11.4. The van der Waals surface area contributed by atoms with E-state index in [1.165, 1.54) is 24.1 Å². The van der Waals surface area contributed by atoms with Crippen molar-refractivity contribution in [3.05, 3.63) is 28.8 Å². The predicted octanol–water partition coefficient (Wildman–Crippen LogP) is 2.65. The van der Waals surface area contributed by atoms with Crippen LogP contribution >= 0.6 is 11.6 Å². The van der Waals surface area contributed by atoms with E-state index in [9.17, 15) is 9.59 Å². The molecule has 0 spiro atoms. The average molecular weight is 314 g/mol. The fourth-order valence-electron chi connectivity index (χ4n) is 2.25. The summed E-state index contributed by atoms with van der Waals surface area (Å²) in [5.41, 5.74) is 0.266. The number of carboxylic acid groups (broad SMARTS) is 1. The van der Waals surface area contributed by atoms with E-state index in [1.54, 1.807) is 6.07 Å². The largest absolute Gasteiger partial charge is 0.489 e. The number of amides is 1. The Labute approximate surface area is 127 Å². The van der Waals surface area contributed by atoms with Gasteiger partial charge >= 0.3 is 12.1 Å². The van der Waals surface area contributed by atoms with Crippen LogP contribution in [0.5, 0.6) is 5.75 Å². The van der Waals surface area contributed by atoms with Gasteiger partial charge in [-0.05, 0) is 31.0 Å². The third-order valence-electron chi connectivity index (χ3n) is 3.30. The van der Waals surface area contributed by atoms with Crippen molar-refractivity contribution in [2.45, 2.75) is 18.9 Å². The van der Waals surface area contributed by atoms with Gasteiger partial charge in [0.1, 0.15) is 11.9 Å². The Hall–Kier alpha value is -1.95. The molecule has 0 aliphatic carbocycles. The highest BCUT2D eigenvalue weighted by atomic mass is 35.5. The number of carbonyl (C=O) groups is 2. The minimum absolute atomic E-state index is 0.213. The summed E-state index contributed by atoms with van der Waals surface area (Å²) in [5.74, 6) is -0.00818. The molecule has 0 unspecified atom stereocenters. The van der Waals surface area contributed by atoms with Crippen LogP contribution in [0.25, 0.3) is 0 Å². The first-order valence-corrected chi connectivity index (χ1v) is 6.91. The zero-order valence-electron chi connectivity index (χ0n) is 11.5. The highest BCUT2D eigenvalue weighted by Crippen LogP contribution is 2.25. The molecule has 0 saturated carbocycles. The molecule has 1 fully saturated rings. The second-order valence-corrected chi connectivity index (χ2v) is 5.15. The summed E-state index contributed by atoms with van der Waals surface area (Å²) in [4.78, 5) is 23.7. The van der Waals surface area contributed by atoms with Crippen molar-refractivity contribution in [2.24, 2.45) is 0 Å². The van der Waals surface area contributed by atoms with Gasteiger partial charge in [0.05, 0.1) is 24.2 Å². The Kier molecular flexibility index (Phi) is 4.90. The molecule has 1 N–H and O–H groups in total. The predicted molar refractivity (Wildman–Crippen MR) is 76.0 cm³/mol. The number of methoxy groups -OCH3 is 1. The number of ether oxygens (including phenoxy) is 2. The van der Waals surface area contributed by atoms with Crippen LogP contribution in [-0.4, -0.2) is 48.4 Å². The number of benzene rings is 1. The highest BCUT2D eigenvalue weighted by molar-refractivity contribution is 6.33. The zero-order chi connectivity index (χ0) is 15.4. The molecule has 21 heavy (non-hydrogen) atoms. The Bertz CT molecular complexity index is 548. The summed E-state index contributed by atoms with van der Waals surface area (Å²) < 4.78 is 10.4. The third kappa shape index (κ3) is 3.78. The van der Waals surface area contributed by atoms with Gasteiger partial charge in [-0.3, -0.25) is 0 Å². The molecule has 1 saturated heterocycles. The molecule has 1 aromatic rings. The van der Waals surface area contributed by atoms with E-state index >= 15 is 0 Å². The molecule has 1 amide bonds. The van der Waals surface area contributed by atoms with Crippen LogP contribution in [0.3, 0.4) is 0 Å². The number of carbonyl (C=O) groups excluding carboxylic acids is 1. The van der Waals surface area contributed by atoms with E-state index in [4.69, 9.17) is 21.4 Å². The smallest absolute Gasteiger partial charge is 0.407 e. The van der Waals surface area contributed by atoms with Crippen LogP contribution < -0.4 is 4.74 Å². The first-order chi connectivity index (χ1) is 10.0. The number of likely N-dealkylation sites (tertiary alicyclic amines) is 1. The molecule has 2 rings (SSSR count). The van der Waals surface area contributed by atoms with Crippen LogP contribution in [0.2, 0.25) is 5.02 Å². The number of rotatable bonds is 3. The first-order valence-electron chi connectivity index (χ1n) is 6.53. The van der Waals surface area contributed by atoms with Crippen molar-refractivity contribution in [1.82, 2.24) is 4.90 Å². The molecule has 6 nitrogen and oxygen atoms in total. The van der Waals surface area contributed by atoms with Crippen molar-refractivity contribution in [3.8, 4) is 5.75 Å². The Morgan fingerprint density at radius 1 is 1.43 bits per heavy atom. The van der Waals surface area contributed by atoms with Crippen LogP contribution in [-0.2, 0) is 4.74 Å². The minimum atomic E-state index is -0.942. The van der Waals surface area contributed by atoms with E-state index in [2.05, 4.69) is 4.74 Å². The van der Waals surface area contributed by atoms with Crippen LogP contribution in [0.1, 0.15) is 23.2 Å². The number of hydrogen-bond donors (Lipinski definition) is 1. The van der Waals surface area contributed by atoms with Crippen LogP contribution in [0.15, 0.2) is 18.2 Å². The summed E-state index contributed by atoms with van der Waals surface area (Å²) in [6, 6.07) is 4.69. The summed E-state index contributed by atoms with van der Waals surface area (Å²) in [7, 11) is 1.28. The number of nitrogens with zero attached hydrogens (tertiary/aromatic N) is 1. The fraction of sp³-hybridized carbons (Fsp3) is 0.429. The number of hydrogen-bond acceptors (Lipinski definition) is 4. The molecule has 0 radical (unpaired) electrons. The topological polar surface area (TPSA) is 76.1 Å². The molecule has 1 heterocycles. The van der Waals surface area contributed by atoms with Crippen LogP contribution in [0.4, 0.5) is 4.79 Å². The minimum Gasteiger partial charge on any atom is -0.489 e. The first kappa shape index (κ1) is 15.4. The van der Waals surface area contributed by atoms with Crippen molar-refractivity contribution in [3.63, 3.8) is 0 Å². The monoisotopic (exact) mass is 313 g/mol. The van der Waals surface area contributed by atoms with Crippen molar-refractivity contribution in [1.29, 1.82) is 0 Å². The molecule has 0 bridgehead atoms. The normalized spacial score (nSPS) is 18.2. The van der Waals surface area contributed by atoms with Crippen molar-refractivity contribution >= 4 is 23.7 Å². The summed E-state index contributed by atoms with van der Waals surface area (Å²) in [6.07, 6.45) is 0.378. The number of esters is 1. The van der Waals surface area contributed by atoms with Gasteiger partial charge in [-0.25, -0.2) is 9.59 Å². The Morgan fingerprint density at radius 2 is 2.19 bits per heavy atom. The Morgan fingerprint density at radius 3 is 2.81 bits per heavy atom. The van der Waals surface area contributed by atoms with E-state index < -0.39 is 12.1 Å². The molecule has 1 atom stereocenters. The lowest BCUT2D eigenvalue weighted by atomic mass is 10.1. The van der Waals surface area contributed by atoms with Gasteiger partial charge < -0.3 is 19.5 Å². The van der Waals surface area contributed by atoms with E-state index in [0.29, 0.717) is 18.8 Å². The van der Waals surface area contributed by atoms with E-state index in [0.717, 1.165) is 12.8 Å². The molecular formula is C14H16ClNO5. The lowest BCUT2D eigenvalue weighted by Gasteiger charge is -2.31. The average Bonchev–Trinajstić information content (AvgIpc) is 2.47. The maximum Gasteiger partial charge on any atom is 0.407 e. The van der Waals surface area contributed by atoms with Crippen molar-refractivity contribution in [2.75, 3.05) is 20.2 Å². The van der Waals surface area contributed by atoms with Gasteiger partial charge in [-0.2, -0.15) is 0 Å². The van der Waals surface area contributed by atoms with Gasteiger partial charge in [-0.1, -0.05) is 11.6 Å². The Balaban J connectivity index is 2.04. The molecule has 114 valence electrons. The second kappa shape index (κ2) is 6.67. The molecule has 1 aliphatic rings. The van der Waals surface area contributed by atoms with Gasteiger partial charge in [-0.15, -0.1) is 0 Å². The quantitative estimate of drug-likeness (QED) is 0.868. The highest BCUT2D eigenvalue weighted by Gasteiger charge is 2.24. The standard InChI is InChI=1S/C14H16ClNO5/c1-20-13(17)11-5-4-9(7-12(11)15)21-10-3-2-6-16(8-10)14(18)19/h4-5,7,10H,2-3,6,8H2,1H3,(H,18,19)/t10-/m1/s1. The summed E-state index contributed by atoms with van der Waals surface area (Å²) in [5, 5.41) is 9.23. The summed E-state index contributed by atoms with van der Waals surface area (Å²) in [6.45, 7) is 0.850. The lowest BCUT2D eigenvalue weighted by molar-refractivity contribution is 0.0600. The lowest BCUT2D eigenvalue weighted by Crippen LogP contribution is -2.43. The van der Waals surface area contributed by atoms with Gasteiger partial charge in [0.25, 0.3) is 0 Å². The third-order valence-corrected chi connectivity index (χ3v) is 3.61. The van der Waals surface area contributed by atoms with Crippen molar-refractivity contribution < 1.29 is 24.2 Å². The second-order valence-electron chi connectivity index (χ2n) is 4.74. The number of piperidine rings is 1. The summed E-state index contributed by atoms with van der Waals surface area (Å²) >= 11 is 6.01. The number of halogens is 1. The van der Waals surface area contributed by atoms with Gasteiger partial charge in [0, 0.05) is 6.54 Å². The molecular weight excluding hydrogens is 298 g/mol.